The molecule has 1 aliphatic carbocycles. The summed E-state index contributed by atoms with van der Waals surface area (Å²) >= 11 is 0. The van der Waals surface area contributed by atoms with Crippen LogP contribution in [0.5, 0.6) is 5.75 Å². The fourth-order valence-corrected chi connectivity index (χ4v) is 3.33. The third kappa shape index (κ3) is 1.92. The maximum absolute atomic E-state index is 13.2. The van der Waals surface area contributed by atoms with Crippen molar-refractivity contribution in [2.24, 2.45) is 5.92 Å². The Morgan fingerprint density at radius 1 is 1.44 bits per heavy atom. The molecule has 0 aromatic heterocycles. The molecule has 96 valence electrons. The normalized spacial score (nSPS) is 31.0. The molecule has 3 rings (SSSR count). The molecular weight excluding hydrogens is 231 g/mol. The van der Waals surface area contributed by atoms with Gasteiger partial charge in [0.05, 0.1) is 12.0 Å². The van der Waals surface area contributed by atoms with Crippen molar-refractivity contribution in [2.75, 3.05) is 0 Å². The SMILES string of the molecule is CC1CCCC2(CC(=O)c3cc(F)ccc3O2)C1. The van der Waals surface area contributed by atoms with Gasteiger partial charge in [-0.2, -0.15) is 0 Å². The van der Waals surface area contributed by atoms with Crippen LogP contribution in [0.4, 0.5) is 4.39 Å². The summed E-state index contributed by atoms with van der Waals surface area (Å²) in [6, 6.07) is 4.23. The van der Waals surface area contributed by atoms with Crippen LogP contribution in [0.25, 0.3) is 0 Å². The molecule has 18 heavy (non-hydrogen) atoms. The molecule has 2 nitrogen and oxygen atoms in total. The minimum Gasteiger partial charge on any atom is -0.486 e. The highest BCUT2D eigenvalue weighted by Gasteiger charge is 2.43. The number of halogens is 1. The first-order valence-electron chi connectivity index (χ1n) is 6.60. The first-order chi connectivity index (χ1) is 8.58. The summed E-state index contributed by atoms with van der Waals surface area (Å²) in [7, 11) is 0. The highest BCUT2D eigenvalue weighted by atomic mass is 19.1. The van der Waals surface area contributed by atoms with Crippen molar-refractivity contribution in [3.8, 4) is 5.75 Å². The van der Waals surface area contributed by atoms with Gasteiger partial charge in [-0.1, -0.05) is 13.3 Å². The zero-order chi connectivity index (χ0) is 12.8. The van der Waals surface area contributed by atoms with Crippen LogP contribution in [0.3, 0.4) is 0 Å². The van der Waals surface area contributed by atoms with Gasteiger partial charge in [0.25, 0.3) is 0 Å². The molecule has 0 N–H and O–H groups in total. The molecule has 2 unspecified atom stereocenters. The van der Waals surface area contributed by atoms with Crippen LogP contribution in [0.1, 0.15) is 49.4 Å². The number of hydrogen-bond donors (Lipinski definition) is 0. The maximum Gasteiger partial charge on any atom is 0.170 e. The first kappa shape index (κ1) is 11.7. The van der Waals surface area contributed by atoms with Crippen molar-refractivity contribution >= 4 is 5.78 Å². The second-order valence-electron chi connectivity index (χ2n) is 5.73. The lowest BCUT2D eigenvalue weighted by atomic mass is 9.74. The lowest BCUT2D eigenvalue weighted by Gasteiger charge is -2.42. The smallest absolute Gasteiger partial charge is 0.170 e. The van der Waals surface area contributed by atoms with Crippen LogP contribution >= 0.6 is 0 Å². The van der Waals surface area contributed by atoms with Gasteiger partial charge >= 0.3 is 0 Å². The van der Waals surface area contributed by atoms with Gasteiger partial charge in [0.1, 0.15) is 17.2 Å². The second-order valence-corrected chi connectivity index (χ2v) is 5.73. The van der Waals surface area contributed by atoms with E-state index in [1.807, 2.05) is 0 Å². The minimum atomic E-state index is -0.376. The van der Waals surface area contributed by atoms with Crippen LogP contribution in [0.2, 0.25) is 0 Å². The zero-order valence-electron chi connectivity index (χ0n) is 10.5. The Balaban J connectivity index is 1.96. The van der Waals surface area contributed by atoms with E-state index in [1.54, 1.807) is 6.07 Å². The largest absolute Gasteiger partial charge is 0.486 e. The van der Waals surface area contributed by atoms with Gasteiger partial charge in [0.15, 0.2) is 5.78 Å². The highest BCUT2D eigenvalue weighted by molar-refractivity contribution is 6.00. The monoisotopic (exact) mass is 248 g/mol. The lowest BCUT2D eigenvalue weighted by molar-refractivity contribution is -0.000923. The van der Waals surface area contributed by atoms with Gasteiger partial charge in [-0.3, -0.25) is 4.79 Å². The van der Waals surface area contributed by atoms with Crippen LogP contribution in [0.15, 0.2) is 18.2 Å². The van der Waals surface area contributed by atoms with Crippen molar-refractivity contribution in [3.63, 3.8) is 0 Å². The molecule has 3 heteroatoms. The van der Waals surface area contributed by atoms with Crippen molar-refractivity contribution in [2.45, 2.75) is 44.6 Å². The molecule has 1 saturated carbocycles. The number of carbonyl (C=O) groups excluding carboxylic acids is 1. The molecule has 0 amide bonds. The first-order valence-corrected chi connectivity index (χ1v) is 6.60. The Bertz CT molecular complexity index is 497. The molecule has 0 saturated heterocycles. The van der Waals surface area contributed by atoms with E-state index in [-0.39, 0.29) is 17.2 Å². The van der Waals surface area contributed by atoms with E-state index in [2.05, 4.69) is 6.92 Å². The second kappa shape index (κ2) is 4.08. The predicted molar refractivity (Wildman–Crippen MR) is 66.3 cm³/mol. The van der Waals surface area contributed by atoms with Gasteiger partial charge in [-0.25, -0.2) is 4.39 Å². The molecule has 1 aromatic carbocycles. The van der Waals surface area contributed by atoms with Crippen molar-refractivity contribution in [1.29, 1.82) is 0 Å². The number of fused-ring (bicyclic) bond motifs is 1. The highest BCUT2D eigenvalue weighted by Crippen LogP contribution is 2.43. The fourth-order valence-electron chi connectivity index (χ4n) is 3.33. The van der Waals surface area contributed by atoms with Crippen molar-refractivity contribution in [1.82, 2.24) is 0 Å². The average molecular weight is 248 g/mol. The lowest BCUT2D eigenvalue weighted by Crippen LogP contribution is -2.45. The minimum absolute atomic E-state index is 0.0184. The number of hydrogen-bond acceptors (Lipinski definition) is 2. The fraction of sp³-hybridized carbons (Fsp3) is 0.533. The third-order valence-corrected chi connectivity index (χ3v) is 4.10. The maximum atomic E-state index is 13.2. The van der Waals surface area contributed by atoms with E-state index in [4.69, 9.17) is 4.74 Å². The number of ether oxygens (including phenoxy) is 1. The van der Waals surface area contributed by atoms with Gasteiger partial charge in [-0.05, 0) is 43.4 Å². The van der Waals surface area contributed by atoms with E-state index in [0.29, 0.717) is 23.7 Å². The summed E-state index contributed by atoms with van der Waals surface area (Å²) in [6.07, 6.45) is 4.56. The van der Waals surface area contributed by atoms with E-state index in [9.17, 15) is 9.18 Å². The summed E-state index contributed by atoms with van der Waals surface area (Å²) in [5.41, 5.74) is 0.0680. The van der Waals surface area contributed by atoms with Crippen LogP contribution in [0, 0.1) is 11.7 Å². The van der Waals surface area contributed by atoms with E-state index >= 15 is 0 Å². The Labute approximate surface area is 106 Å². The topological polar surface area (TPSA) is 26.3 Å². The summed E-state index contributed by atoms with van der Waals surface area (Å²) in [5.74, 6) is 0.791. The molecular formula is C15H17FO2. The van der Waals surface area contributed by atoms with Crippen LogP contribution in [-0.4, -0.2) is 11.4 Å². The van der Waals surface area contributed by atoms with Gasteiger partial charge in [0.2, 0.25) is 0 Å². The Hall–Kier alpha value is -1.38. The van der Waals surface area contributed by atoms with E-state index in [0.717, 1.165) is 19.3 Å². The standard InChI is InChI=1S/C15H17FO2/c1-10-3-2-6-15(8-10)9-13(17)12-7-11(16)4-5-14(12)18-15/h4-5,7,10H,2-3,6,8-9H2,1H3. The summed E-state index contributed by atoms with van der Waals surface area (Å²) in [6.45, 7) is 2.20. The van der Waals surface area contributed by atoms with Crippen molar-refractivity contribution in [3.05, 3.63) is 29.6 Å². The number of benzene rings is 1. The van der Waals surface area contributed by atoms with Crippen LogP contribution < -0.4 is 4.74 Å². The summed E-state index contributed by atoms with van der Waals surface area (Å²) in [4.78, 5) is 12.2. The van der Waals surface area contributed by atoms with E-state index in [1.165, 1.54) is 18.6 Å². The van der Waals surface area contributed by atoms with Crippen LogP contribution in [-0.2, 0) is 0 Å². The van der Waals surface area contributed by atoms with Crippen molar-refractivity contribution < 1.29 is 13.9 Å². The quantitative estimate of drug-likeness (QED) is 0.699. The van der Waals surface area contributed by atoms with Gasteiger partial charge < -0.3 is 4.74 Å². The summed E-state index contributed by atoms with van der Waals surface area (Å²) < 4.78 is 19.2. The molecule has 1 spiro atoms. The molecule has 1 aromatic rings. The predicted octanol–water partition coefficient (Wildman–Crippen LogP) is 3.74. The average Bonchev–Trinajstić information content (AvgIpc) is 2.30. The van der Waals surface area contributed by atoms with Gasteiger partial charge in [0, 0.05) is 0 Å². The number of ketones is 1. The summed E-state index contributed by atoms with van der Waals surface area (Å²) in [5, 5.41) is 0. The number of rotatable bonds is 0. The molecule has 0 radical (unpaired) electrons. The molecule has 0 bridgehead atoms. The molecule has 1 aliphatic heterocycles. The van der Waals surface area contributed by atoms with E-state index < -0.39 is 0 Å². The molecule has 1 fully saturated rings. The Kier molecular flexibility index (Phi) is 2.65. The third-order valence-electron chi connectivity index (χ3n) is 4.10. The van der Waals surface area contributed by atoms with Gasteiger partial charge in [-0.15, -0.1) is 0 Å². The Morgan fingerprint density at radius 2 is 2.28 bits per heavy atom. The molecule has 2 aliphatic rings. The number of Topliss-reactive ketones (excluding diaryl/α,β-unsaturated/α-hetero) is 1. The number of carbonyl (C=O) groups is 1. The molecule has 2 atom stereocenters. The zero-order valence-corrected chi connectivity index (χ0v) is 10.5. The molecule has 1 heterocycles. The Morgan fingerprint density at radius 3 is 3.06 bits per heavy atom.